The molecule has 2 aromatic carbocycles. The van der Waals surface area contributed by atoms with Gasteiger partial charge in [-0.2, -0.15) is 10.4 Å². The van der Waals surface area contributed by atoms with E-state index in [1.807, 2.05) is 19.1 Å². The lowest BCUT2D eigenvalue weighted by atomic mass is 10.1. The van der Waals surface area contributed by atoms with Gasteiger partial charge in [0.15, 0.2) is 6.61 Å². The van der Waals surface area contributed by atoms with Gasteiger partial charge in [-0.1, -0.05) is 17.7 Å². The lowest BCUT2D eigenvalue weighted by Crippen LogP contribution is -2.25. The molecule has 8 heteroatoms. The molecule has 3 aromatic rings. The maximum Gasteiger partial charge on any atom is 0.343 e. The number of hydrogen-bond donors (Lipinski definition) is 1. The monoisotopic (exact) mass is 442 g/mol. The summed E-state index contributed by atoms with van der Waals surface area (Å²) in [5.41, 5.74) is 6.20. The first-order valence-corrected chi connectivity index (χ1v) is 10.1. The number of rotatable bonds is 7. The van der Waals surface area contributed by atoms with Crippen molar-refractivity contribution in [3.63, 3.8) is 0 Å². The number of hydrazone groups is 1. The fourth-order valence-electron chi connectivity index (χ4n) is 2.95. The highest BCUT2D eigenvalue weighted by Crippen LogP contribution is 2.19. The first-order valence-electron chi connectivity index (χ1n) is 10.1. The van der Waals surface area contributed by atoms with Crippen LogP contribution in [-0.2, 0) is 4.79 Å². The van der Waals surface area contributed by atoms with Crippen molar-refractivity contribution in [2.24, 2.45) is 5.10 Å². The van der Waals surface area contributed by atoms with Crippen LogP contribution in [0, 0.1) is 32.1 Å². The molecule has 8 nitrogen and oxygen atoms in total. The van der Waals surface area contributed by atoms with Gasteiger partial charge in [-0.25, -0.2) is 15.2 Å². The Hall–Kier alpha value is -4.51. The third kappa shape index (κ3) is 6.48. The van der Waals surface area contributed by atoms with Crippen molar-refractivity contribution in [1.82, 2.24) is 10.4 Å². The molecule has 33 heavy (non-hydrogen) atoms. The Kier molecular flexibility index (Phi) is 7.50. The summed E-state index contributed by atoms with van der Waals surface area (Å²) in [5, 5.41) is 13.1. The zero-order valence-corrected chi connectivity index (χ0v) is 18.5. The summed E-state index contributed by atoms with van der Waals surface area (Å²) in [6, 6.07) is 17.6. The van der Waals surface area contributed by atoms with Gasteiger partial charge in [0, 0.05) is 5.69 Å². The zero-order valence-electron chi connectivity index (χ0n) is 18.5. The Morgan fingerprint density at radius 3 is 2.58 bits per heavy atom. The van der Waals surface area contributed by atoms with Crippen LogP contribution in [0.5, 0.6) is 11.6 Å². The Labute approximate surface area is 191 Å². The number of nitrogens with one attached hydrogen (secondary N) is 1. The van der Waals surface area contributed by atoms with Crippen molar-refractivity contribution in [3.05, 3.63) is 88.1 Å². The predicted molar refractivity (Wildman–Crippen MR) is 122 cm³/mol. The fraction of sp³-hybridized carbons (Fsp3) is 0.160. The second kappa shape index (κ2) is 10.7. The van der Waals surface area contributed by atoms with E-state index in [4.69, 9.17) is 9.47 Å². The van der Waals surface area contributed by atoms with E-state index in [0.29, 0.717) is 28.1 Å². The number of amides is 1. The van der Waals surface area contributed by atoms with Crippen molar-refractivity contribution < 1.29 is 19.1 Å². The first kappa shape index (κ1) is 23.2. The summed E-state index contributed by atoms with van der Waals surface area (Å²) in [6.45, 7) is 5.12. The number of pyridine rings is 1. The van der Waals surface area contributed by atoms with Crippen molar-refractivity contribution in [2.75, 3.05) is 6.61 Å². The molecule has 0 saturated heterocycles. The molecule has 0 radical (unpaired) electrons. The summed E-state index contributed by atoms with van der Waals surface area (Å²) in [6.07, 6.45) is 1.44. The second-order valence-electron chi connectivity index (χ2n) is 7.28. The minimum absolute atomic E-state index is 0.116. The molecule has 1 heterocycles. The minimum atomic E-state index is -0.500. The molecule has 3 rings (SSSR count). The normalized spacial score (nSPS) is 10.5. The lowest BCUT2D eigenvalue weighted by molar-refractivity contribution is -0.123. The molecule has 0 aliphatic rings. The molecule has 0 unspecified atom stereocenters. The van der Waals surface area contributed by atoms with Crippen molar-refractivity contribution >= 4 is 18.1 Å². The molecule has 0 saturated carbocycles. The van der Waals surface area contributed by atoms with Gasteiger partial charge in [-0.05, 0) is 74.4 Å². The second-order valence-corrected chi connectivity index (χ2v) is 7.28. The predicted octanol–water partition coefficient (Wildman–Crippen LogP) is 3.63. The molecule has 166 valence electrons. The molecular formula is C25H22N4O4. The lowest BCUT2D eigenvalue weighted by Gasteiger charge is -2.08. The molecule has 1 amide bonds. The van der Waals surface area contributed by atoms with Crippen LogP contribution in [-0.4, -0.2) is 29.7 Å². The molecule has 0 bridgehead atoms. The van der Waals surface area contributed by atoms with E-state index in [1.54, 1.807) is 62.4 Å². The van der Waals surface area contributed by atoms with Crippen molar-refractivity contribution in [3.8, 4) is 17.7 Å². The van der Waals surface area contributed by atoms with E-state index in [-0.39, 0.29) is 12.5 Å². The first-order chi connectivity index (χ1) is 15.9. The van der Waals surface area contributed by atoms with Gasteiger partial charge in [-0.15, -0.1) is 0 Å². The maximum absolute atomic E-state index is 12.2. The summed E-state index contributed by atoms with van der Waals surface area (Å²) >= 11 is 0. The van der Waals surface area contributed by atoms with E-state index < -0.39 is 11.9 Å². The quantitative estimate of drug-likeness (QED) is 0.259. The molecule has 0 fully saturated rings. The SMILES string of the molecule is Cc1cccc(C(=O)Oc2ccc(C=NNC(=O)COc3nc(C)cc(C)c3C#N)cc2)c1. The third-order valence-corrected chi connectivity index (χ3v) is 4.51. The van der Waals surface area contributed by atoms with Gasteiger partial charge >= 0.3 is 5.97 Å². The Morgan fingerprint density at radius 1 is 1.12 bits per heavy atom. The number of carbonyl (C=O) groups excluding carboxylic acids is 2. The fourth-order valence-corrected chi connectivity index (χ4v) is 2.95. The average molecular weight is 442 g/mol. The van der Waals surface area contributed by atoms with Crippen molar-refractivity contribution in [2.45, 2.75) is 20.8 Å². The Morgan fingerprint density at radius 2 is 1.88 bits per heavy atom. The van der Waals surface area contributed by atoms with Gasteiger partial charge in [0.2, 0.25) is 5.88 Å². The third-order valence-electron chi connectivity index (χ3n) is 4.51. The topological polar surface area (TPSA) is 114 Å². The van der Waals surface area contributed by atoms with E-state index in [9.17, 15) is 14.9 Å². The average Bonchev–Trinajstić information content (AvgIpc) is 2.78. The number of ether oxygens (including phenoxy) is 2. The highest BCUT2D eigenvalue weighted by molar-refractivity contribution is 5.91. The number of nitrogens with zero attached hydrogens (tertiary/aromatic N) is 3. The molecule has 0 atom stereocenters. The van der Waals surface area contributed by atoms with Crippen LogP contribution in [0.2, 0.25) is 0 Å². The number of carbonyl (C=O) groups is 2. The van der Waals surface area contributed by atoms with Crippen LogP contribution in [0.3, 0.4) is 0 Å². The van der Waals surface area contributed by atoms with E-state index >= 15 is 0 Å². The van der Waals surface area contributed by atoms with Crippen LogP contribution in [0.25, 0.3) is 0 Å². The number of benzene rings is 2. The van der Waals surface area contributed by atoms with Crippen LogP contribution in [0.1, 0.15) is 38.3 Å². The summed E-state index contributed by atoms with van der Waals surface area (Å²) < 4.78 is 10.7. The molecule has 0 aliphatic heterocycles. The summed E-state index contributed by atoms with van der Waals surface area (Å²) in [5.74, 6) is -0.430. The summed E-state index contributed by atoms with van der Waals surface area (Å²) in [4.78, 5) is 28.4. The smallest absolute Gasteiger partial charge is 0.343 e. The van der Waals surface area contributed by atoms with E-state index in [2.05, 4.69) is 15.5 Å². The molecule has 0 spiro atoms. The highest BCUT2D eigenvalue weighted by Gasteiger charge is 2.12. The zero-order chi connectivity index (χ0) is 23.8. The number of nitriles is 1. The molecular weight excluding hydrogens is 420 g/mol. The van der Waals surface area contributed by atoms with Gasteiger partial charge in [0.25, 0.3) is 5.91 Å². The van der Waals surface area contributed by atoms with E-state index in [0.717, 1.165) is 11.1 Å². The minimum Gasteiger partial charge on any atom is -0.467 e. The summed E-state index contributed by atoms with van der Waals surface area (Å²) in [7, 11) is 0. The van der Waals surface area contributed by atoms with Crippen LogP contribution < -0.4 is 14.9 Å². The van der Waals surface area contributed by atoms with Gasteiger partial charge in [0.05, 0.1) is 11.8 Å². The molecule has 1 aromatic heterocycles. The number of aryl methyl sites for hydroxylation is 3. The Bertz CT molecular complexity index is 1240. The van der Waals surface area contributed by atoms with Crippen molar-refractivity contribution in [1.29, 1.82) is 5.26 Å². The van der Waals surface area contributed by atoms with Crippen LogP contribution in [0.4, 0.5) is 0 Å². The van der Waals surface area contributed by atoms with Gasteiger partial charge in [0.1, 0.15) is 17.4 Å². The number of hydrogen-bond acceptors (Lipinski definition) is 7. The number of aromatic nitrogens is 1. The van der Waals surface area contributed by atoms with Crippen LogP contribution >= 0.6 is 0 Å². The van der Waals surface area contributed by atoms with Crippen LogP contribution in [0.15, 0.2) is 59.7 Å². The number of esters is 1. The van der Waals surface area contributed by atoms with Gasteiger partial charge in [-0.3, -0.25) is 4.79 Å². The highest BCUT2D eigenvalue weighted by atomic mass is 16.5. The standard InChI is InChI=1S/C25H22N4O4/c1-16-5-4-6-20(11-16)25(31)33-21-9-7-19(8-10-21)14-27-29-23(30)15-32-24-22(13-26)17(2)12-18(3)28-24/h4-12,14H,15H2,1-3H3,(H,29,30). The Balaban J connectivity index is 1.51. The maximum atomic E-state index is 12.2. The van der Waals surface area contributed by atoms with E-state index in [1.165, 1.54) is 6.21 Å². The largest absolute Gasteiger partial charge is 0.467 e. The van der Waals surface area contributed by atoms with Gasteiger partial charge < -0.3 is 9.47 Å². The molecule has 1 N–H and O–H groups in total. The molecule has 0 aliphatic carbocycles.